The number of carbonyl (C=O) groups excluding carboxylic acids is 1. The monoisotopic (exact) mass is 336 g/mol. The molecule has 2 aliphatic rings. The molecule has 0 spiro atoms. The maximum atomic E-state index is 12.5. The first kappa shape index (κ1) is 17.4. The first-order chi connectivity index (χ1) is 11.6. The number of aromatic nitrogens is 2. The minimum Gasteiger partial charge on any atom is -0.381 e. The number of aryl methyl sites for hydroxylation is 2. The van der Waals surface area contributed by atoms with Gasteiger partial charge in [-0.05, 0) is 19.8 Å². The molecule has 2 saturated heterocycles. The number of amides is 1. The number of hydrogen-bond donors (Lipinski definition) is 1. The van der Waals surface area contributed by atoms with Crippen LogP contribution in [0.1, 0.15) is 28.9 Å². The number of nitrogens with zero attached hydrogens (tertiary/aromatic N) is 3. The molecule has 1 aromatic heterocycles. The van der Waals surface area contributed by atoms with E-state index in [-0.39, 0.29) is 11.3 Å². The Balaban J connectivity index is 1.63. The van der Waals surface area contributed by atoms with Gasteiger partial charge in [-0.1, -0.05) is 0 Å². The third-order valence-corrected chi connectivity index (χ3v) is 5.10. The van der Waals surface area contributed by atoms with E-state index in [1.54, 1.807) is 10.9 Å². The molecule has 0 unspecified atom stereocenters. The molecule has 2 fully saturated rings. The second-order valence-electron chi connectivity index (χ2n) is 6.99. The lowest BCUT2D eigenvalue weighted by atomic mass is 9.79. The summed E-state index contributed by atoms with van der Waals surface area (Å²) >= 11 is 0. The molecule has 24 heavy (non-hydrogen) atoms. The molecule has 7 heteroatoms. The highest BCUT2D eigenvalue weighted by molar-refractivity contribution is 5.95. The molecule has 134 valence electrons. The van der Waals surface area contributed by atoms with Crippen molar-refractivity contribution in [3.63, 3.8) is 0 Å². The van der Waals surface area contributed by atoms with Gasteiger partial charge in [0.15, 0.2) is 0 Å². The minimum absolute atomic E-state index is 0.0338. The summed E-state index contributed by atoms with van der Waals surface area (Å²) in [5.41, 5.74) is 1.51. The molecule has 7 nitrogen and oxygen atoms in total. The predicted molar refractivity (Wildman–Crippen MR) is 90.0 cm³/mol. The van der Waals surface area contributed by atoms with Gasteiger partial charge in [0.05, 0.1) is 24.5 Å². The summed E-state index contributed by atoms with van der Waals surface area (Å²) in [5.74, 6) is -0.0338. The number of rotatable bonds is 5. The molecule has 3 rings (SSSR count). The van der Waals surface area contributed by atoms with E-state index in [1.165, 1.54) is 0 Å². The fourth-order valence-corrected chi connectivity index (χ4v) is 3.61. The molecular formula is C17H28N4O3. The van der Waals surface area contributed by atoms with Crippen LogP contribution in [-0.2, 0) is 16.5 Å². The van der Waals surface area contributed by atoms with Crippen LogP contribution in [0.4, 0.5) is 0 Å². The molecule has 1 N–H and O–H groups in total. The Morgan fingerprint density at radius 3 is 2.54 bits per heavy atom. The van der Waals surface area contributed by atoms with Crippen molar-refractivity contribution in [1.29, 1.82) is 0 Å². The Morgan fingerprint density at radius 1 is 1.25 bits per heavy atom. The summed E-state index contributed by atoms with van der Waals surface area (Å²) in [5, 5.41) is 7.40. The highest BCUT2D eigenvalue weighted by Gasteiger charge is 2.35. The zero-order valence-electron chi connectivity index (χ0n) is 14.7. The Labute approximate surface area is 143 Å². The predicted octanol–water partition coefficient (Wildman–Crippen LogP) is 0.587. The van der Waals surface area contributed by atoms with E-state index in [4.69, 9.17) is 9.47 Å². The summed E-state index contributed by atoms with van der Waals surface area (Å²) < 4.78 is 12.7. The van der Waals surface area contributed by atoms with Crippen molar-refractivity contribution in [2.75, 3.05) is 52.6 Å². The van der Waals surface area contributed by atoms with Gasteiger partial charge in [-0.15, -0.1) is 0 Å². The van der Waals surface area contributed by atoms with Crippen LogP contribution in [0.25, 0.3) is 0 Å². The Hall–Kier alpha value is -1.44. The van der Waals surface area contributed by atoms with Crippen LogP contribution >= 0.6 is 0 Å². The van der Waals surface area contributed by atoms with Gasteiger partial charge < -0.3 is 14.8 Å². The van der Waals surface area contributed by atoms with Crippen molar-refractivity contribution in [3.8, 4) is 0 Å². The molecule has 0 radical (unpaired) electrons. The third kappa shape index (κ3) is 4.15. The summed E-state index contributed by atoms with van der Waals surface area (Å²) in [7, 11) is 1.84. The van der Waals surface area contributed by atoms with Crippen molar-refractivity contribution in [2.24, 2.45) is 12.5 Å². The molecule has 0 aliphatic carbocycles. The summed E-state index contributed by atoms with van der Waals surface area (Å²) in [4.78, 5) is 15.0. The SMILES string of the molecule is Cc1nn(C)cc1C(=O)NCC1(CN2CCOCC2)CCOCC1. The van der Waals surface area contributed by atoms with E-state index in [0.29, 0.717) is 12.1 Å². The van der Waals surface area contributed by atoms with Gasteiger partial charge in [-0.25, -0.2) is 0 Å². The molecule has 0 aromatic carbocycles. The van der Waals surface area contributed by atoms with E-state index in [0.717, 1.165) is 64.6 Å². The zero-order chi connectivity index (χ0) is 17.0. The van der Waals surface area contributed by atoms with Crippen LogP contribution < -0.4 is 5.32 Å². The van der Waals surface area contributed by atoms with Gasteiger partial charge in [0.1, 0.15) is 0 Å². The molecule has 0 atom stereocenters. The largest absolute Gasteiger partial charge is 0.381 e. The van der Waals surface area contributed by atoms with E-state index in [1.807, 2.05) is 14.0 Å². The van der Waals surface area contributed by atoms with Crippen molar-refractivity contribution in [1.82, 2.24) is 20.0 Å². The van der Waals surface area contributed by atoms with E-state index < -0.39 is 0 Å². The topological polar surface area (TPSA) is 68.6 Å². The Morgan fingerprint density at radius 2 is 1.92 bits per heavy atom. The number of hydrogen-bond acceptors (Lipinski definition) is 5. The molecule has 0 bridgehead atoms. The number of ether oxygens (including phenoxy) is 2. The van der Waals surface area contributed by atoms with Crippen molar-refractivity contribution >= 4 is 5.91 Å². The van der Waals surface area contributed by atoms with Gasteiger partial charge in [0.2, 0.25) is 0 Å². The van der Waals surface area contributed by atoms with Crippen LogP contribution in [-0.4, -0.2) is 73.2 Å². The number of morpholine rings is 1. The standard InChI is InChI=1S/C17H28N4O3/c1-14-15(11-20(2)19-14)16(22)18-12-17(3-7-23-8-4-17)13-21-5-9-24-10-6-21/h11H,3-10,12-13H2,1-2H3,(H,18,22). The summed E-state index contributed by atoms with van der Waals surface area (Å²) in [6.07, 6.45) is 3.75. The van der Waals surface area contributed by atoms with Gasteiger partial charge in [0, 0.05) is 58.1 Å². The molecule has 3 heterocycles. The second-order valence-corrected chi connectivity index (χ2v) is 6.99. The fourth-order valence-electron chi connectivity index (χ4n) is 3.61. The van der Waals surface area contributed by atoms with Crippen molar-refractivity contribution in [2.45, 2.75) is 19.8 Å². The summed E-state index contributed by atoms with van der Waals surface area (Å²) in [6, 6.07) is 0. The number of nitrogens with one attached hydrogen (secondary N) is 1. The summed E-state index contributed by atoms with van der Waals surface area (Å²) in [6.45, 7) is 8.62. The first-order valence-corrected chi connectivity index (χ1v) is 8.74. The smallest absolute Gasteiger partial charge is 0.254 e. The average Bonchev–Trinajstić information content (AvgIpc) is 2.93. The lowest BCUT2D eigenvalue weighted by molar-refractivity contribution is -0.0283. The molecule has 1 aromatic rings. The lowest BCUT2D eigenvalue weighted by Gasteiger charge is -2.42. The maximum Gasteiger partial charge on any atom is 0.254 e. The van der Waals surface area contributed by atoms with Gasteiger partial charge in [0.25, 0.3) is 5.91 Å². The Kier molecular flexibility index (Phi) is 5.53. The van der Waals surface area contributed by atoms with Gasteiger partial charge in [-0.3, -0.25) is 14.4 Å². The van der Waals surface area contributed by atoms with Crippen LogP contribution in [0.2, 0.25) is 0 Å². The quantitative estimate of drug-likeness (QED) is 0.852. The highest BCUT2D eigenvalue weighted by atomic mass is 16.5. The van der Waals surface area contributed by atoms with E-state index >= 15 is 0 Å². The molecule has 1 amide bonds. The lowest BCUT2D eigenvalue weighted by Crippen LogP contribution is -2.50. The molecule has 2 aliphatic heterocycles. The van der Waals surface area contributed by atoms with Crippen LogP contribution in [0.3, 0.4) is 0 Å². The van der Waals surface area contributed by atoms with Crippen molar-refractivity contribution in [3.05, 3.63) is 17.5 Å². The third-order valence-electron chi connectivity index (χ3n) is 5.10. The zero-order valence-corrected chi connectivity index (χ0v) is 14.7. The molecule has 0 saturated carbocycles. The van der Waals surface area contributed by atoms with Crippen LogP contribution in [0.15, 0.2) is 6.20 Å². The second kappa shape index (κ2) is 7.63. The fraction of sp³-hybridized carbons (Fsp3) is 0.765. The first-order valence-electron chi connectivity index (χ1n) is 8.74. The van der Waals surface area contributed by atoms with Crippen molar-refractivity contribution < 1.29 is 14.3 Å². The Bertz CT molecular complexity index is 560. The van der Waals surface area contributed by atoms with E-state index in [2.05, 4.69) is 15.3 Å². The maximum absolute atomic E-state index is 12.5. The van der Waals surface area contributed by atoms with Gasteiger partial charge in [-0.2, -0.15) is 5.10 Å². The van der Waals surface area contributed by atoms with Gasteiger partial charge >= 0.3 is 0 Å². The molecular weight excluding hydrogens is 308 g/mol. The minimum atomic E-state index is -0.0338. The van der Waals surface area contributed by atoms with E-state index in [9.17, 15) is 4.79 Å². The van der Waals surface area contributed by atoms with Crippen LogP contribution in [0.5, 0.6) is 0 Å². The average molecular weight is 336 g/mol. The van der Waals surface area contributed by atoms with Crippen LogP contribution in [0, 0.1) is 12.3 Å². The highest BCUT2D eigenvalue weighted by Crippen LogP contribution is 2.31. The normalized spacial score (nSPS) is 21.6. The number of carbonyl (C=O) groups is 1.